The van der Waals surface area contributed by atoms with Gasteiger partial charge in [-0.05, 0) is 12.8 Å². The van der Waals surface area contributed by atoms with E-state index < -0.39 is 0 Å². The van der Waals surface area contributed by atoms with Crippen molar-refractivity contribution in [1.29, 1.82) is 0 Å². The number of anilines is 1. The van der Waals surface area contributed by atoms with E-state index in [-0.39, 0.29) is 5.54 Å². The molecule has 0 saturated heterocycles. The second-order valence-electron chi connectivity index (χ2n) is 3.81. The van der Waals surface area contributed by atoms with Crippen molar-refractivity contribution < 1.29 is 0 Å². The normalized spacial score (nSPS) is 18.4. The van der Waals surface area contributed by atoms with E-state index in [1.54, 1.807) is 6.33 Å². The zero-order valence-electron chi connectivity index (χ0n) is 7.99. The van der Waals surface area contributed by atoms with Gasteiger partial charge in [-0.3, -0.25) is 0 Å². The van der Waals surface area contributed by atoms with Crippen molar-refractivity contribution in [3.8, 4) is 0 Å². The van der Waals surface area contributed by atoms with Crippen LogP contribution < -0.4 is 10.6 Å². The van der Waals surface area contributed by atoms with Crippen LogP contribution in [0.3, 0.4) is 0 Å². The molecule has 13 heavy (non-hydrogen) atoms. The molecule has 1 aromatic rings. The van der Waals surface area contributed by atoms with Gasteiger partial charge in [0.25, 0.3) is 0 Å². The summed E-state index contributed by atoms with van der Waals surface area (Å²) in [5.74, 6) is 0.940. The Morgan fingerprint density at radius 3 is 2.69 bits per heavy atom. The van der Waals surface area contributed by atoms with Gasteiger partial charge in [0.2, 0.25) is 0 Å². The maximum Gasteiger partial charge on any atom is 0.136 e. The first kappa shape index (κ1) is 8.44. The highest BCUT2D eigenvalue weighted by Gasteiger charge is 2.42. The van der Waals surface area contributed by atoms with Crippen LogP contribution in [0.15, 0.2) is 12.5 Å². The lowest BCUT2D eigenvalue weighted by Crippen LogP contribution is -2.24. The Hall–Kier alpha value is -1.16. The van der Waals surface area contributed by atoms with Gasteiger partial charge in [-0.2, -0.15) is 0 Å². The van der Waals surface area contributed by atoms with Gasteiger partial charge in [-0.15, -0.1) is 0 Å². The lowest BCUT2D eigenvalue weighted by Gasteiger charge is -2.18. The van der Waals surface area contributed by atoms with Crippen LogP contribution in [0.1, 0.15) is 18.4 Å². The van der Waals surface area contributed by atoms with Gasteiger partial charge in [-0.1, -0.05) is 0 Å². The monoisotopic (exact) mass is 178 g/mol. The second-order valence-corrected chi connectivity index (χ2v) is 3.81. The first-order chi connectivity index (χ1) is 6.13. The molecular formula is C9H14N4. The van der Waals surface area contributed by atoms with Crippen LogP contribution in [0.4, 0.5) is 5.82 Å². The molecule has 70 valence electrons. The number of hydrogen-bond donors (Lipinski definition) is 1. The minimum atomic E-state index is -0.152. The molecule has 0 spiro atoms. The molecular weight excluding hydrogens is 164 g/mol. The molecule has 0 aliphatic heterocycles. The van der Waals surface area contributed by atoms with Crippen molar-refractivity contribution >= 4 is 5.82 Å². The van der Waals surface area contributed by atoms with Crippen molar-refractivity contribution in [3.63, 3.8) is 0 Å². The van der Waals surface area contributed by atoms with Gasteiger partial charge in [-0.25, -0.2) is 9.97 Å². The van der Waals surface area contributed by atoms with Gasteiger partial charge < -0.3 is 10.6 Å². The van der Waals surface area contributed by atoms with E-state index >= 15 is 0 Å². The number of rotatable bonds is 2. The number of aromatic nitrogens is 2. The minimum Gasteiger partial charge on any atom is -0.362 e. The molecule has 1 saturated carbocycles. The first-order valence-electron chi connectivity index (χ1n) is 4.40. The van der Waals surface area contributed by atoms with E-state index in [1.807, 2.05) is 25.2 Å². The molecule has 1 aromatic heterocycles. The molecule has 0 bridgehead atoms. The maximum atomic E-state index is 6.10. The predicted molar refractivity (Wildman–Crippen MR) is 51.5 cm³/mol. The fourth-order valence-corrected chi connectivity index (χ4v) is 1.43. The second kappa shape index (κ2) is 2.67. The summed E-state index contributed by atoms with van der Waals surface area (Å²) in [4.78, 5) is 10.2. The van der Waals surface area contributed by atoms with Gasteiger partial charge in [0, 0.05) is 31.4 Å². The zero-order valence-corrected chi connectivity index (χ0v) is 7.99. The number of nitrogens with two attached hydrogens (primary N) is 1. The standard InChI is InChI=1S/C9H14N4/c1-13(2)8-7(5-11-6-12-8)9(10)3-4-9/h5-6H,3-4,10H2,1-2H3. The van der Waals surface area contributed by atoms with Crippen molar-refractivity contribution in [2.24, 2.45) is 5.73 Å². The molecule has 4 heteroatoms. The third kappa shape index (κ3) is 1.37. The SMILES string of the molecule is CN(C)c1ncncc1C1(N)CC1. The average molecular weight is 178 g/mol. The Morgan fingerprint density at radius 2 is 2.15 bits per heavy atom. The van der Waals surface area contributed by atoms with Gasteiger partial charge >= 0.3 is 0 Å². The fourth-order valence-electron chi connectivity index (χ4n) is 1.43. The van der Waals surface area contributed by atoms with Crippen molar-refractivity contribution in [3.05, 3.63) is 18.1 Å². The highest BCUT2D eigenvalue weighted by atomic mass is 15.2. The van der Waals surface area contributed by atoms with Crippen LogP contribution in [0, 0.1) is 0 Å². The Balaban J connectivity index is 2.44. The smallest absolute Gasteiger partial charge is 0.136 e. The Labute approximate surface area is 77.8 Å². The summed E-state index contributed by atoms with van der Waals surface area (Å²) < 4.78 is 0. The van der Waals surface area contributed by atoms with Crippen LogP contribution in [-0.4, -0.2) is 24.1 Å². The topological polar surface area (TPSA) is 55.0 Å². The van der Waals surface area contributed by atoms with E-state index in [1.165, 1.54) is 0 Å². The molecule has 2 N–H and O–H groups in total. The van der Waals surface area contributed by atoms with Crippen molar-refractivity contribution in [2.75, 3.05) is 19.0 Å². The summed E-state index contributed by atoms with van der Waals surface area (Å²) in [6.07, 6.45) is 5.47. The van der Waals surface area contributed by atoms with E-state index in [4.69, 9.17) is 5.73 Å². The van der Waals surface area contributed by atoms with Crippen LogP contribution in [0.25, 0.3) is 0 Å². The van der Waals surface area contributed by atoms with Crippen LogP contribution in [0.5, 0.6) is 0 Å². The molecule has 0 unspecified atom stereocenters. The van der Waals surface area contributed by atoms with E-state index in [0.29, 0.717) is 0 Å². The van der Waals surface area contributed by atoms with E-state index in [9.17, 15) is 0 Å². The maximum absolute atomic E-state index is 6.10. The highest BCUT2D eigenvalue weighted by molar-refractivity contribution is 5.49. The molecule has 1 aliphatic rings. The molecule has 0 atom stereocenters. The van der Waals surface area contributed by atoms with E-state index in [2.05, 4.69) is 9.97 Å². The molecule has 2 rings (SSSR count). The first-order valence-corrected chi connectivity index (χ1v) is 4.40. The summed E-state index contributed by atoms with van der Waals surface area (Å²) in [7, 11) is 3.94. The van der Waals surface area contributed by atoms with Crippen molar-refractivity contribution in [1.82, 2.24) is 9.97 Å². The van der Waals surface area contributed by atoms with Crippen LogP contribution in [-0.2, 0) is 5.54 Å². The summed E-state index contributed by atoms with van der Waals surface area (Å²) >= 11 is 0. The summed E-state index contributed by atoms with van der Waals surface area (Å²) in [6, 6.07) is 0. The lowest BCUT2D eigenvalue weighted by molar-refractivity contribution is 0.724. The van der Waals surface area contributed by atoms with Gasteiger partial charge in [0.05, 0.1) is 0 Å². The third-order valence-corrected chi connectivity index (χ3v) is 2.44. The third-order valence-electron chi connectivity index (χ3n) is 2.44. The Kier molecular flexibility index (Phi) is 1.73. The summed E-state index contributed by atoms with van der Waals surface area (Å²) in [5.41, 5.74) is 7.02. The Bertz CT molecular complexity index is 317. The van der Waals surface area contributed by atoms with Gasteiger partial charge in [0.1, 0.15) is 12.1 Å². The molecule has 0 aromatic carbocycles. The van der Waals surface area contributed by atoms with Crippen molar-refractivity contribution in [2.45, 2.75) is 18.4 Å². The number of nitrogens with zero attached hydrogens (tertiary/aromatic N) is 3. The molecule has 1 heterocycles. The summed E-state index contributed by atoms with van der Waals surface area (Å²) in [6.45, 7) is 0. The van der Waals surface area contributed by atoms with E-state index in [0.717, 1.165) is 24.2 Å². The molecule has 0 amide bonds. The molecule has 1 fully saturated rings. The largest absolute Gasteiger partial charge is 0.362 e. The molecule has 1 aliphatic carbocycles. The average Bonchev–Trinajstić information content (AvgIpc) is 2.85. The lowest BCUT2D eigenvalue weighted by atomic mass is 10.1. The predicted octanol–water partition coefficient (Wildman–Crippen LogP) is 0.490. The molecule has 0 radical (unpaired) electrons. The highest BCUT2D eigenvalue weighted by Crippen LogP contribution is 2.45. The quantitative estimate of drug-likeness (QED) is 0.716. The minimum absolute atomic E-state index is 0.152. The van der Waals surface area contributed by atoms with Gasteiger partial charge in [0.15, 0.2) is 0 Å². The molecule has 4 nitrogen and oxygen atoms in total. The Morgan fingerprint density at radius 1 is 1.46 bits per heavy atom. The summed E-state index contributed by atoms with van der Waals surface area (Å²) in [5, 5.41) is 0. The van der Waals surface area contributed by atoms with Crippen LogP contribution in [0.2, 0.25) is 0 Å². The fraction of sp³-hybridized carbons (Fsp3) is 0.556. The zero-order chi connectivity index (χ0) is 9.47. The number of hydrogen-bond acceptors (Lipinski definition) is 4. The van der Waals surface area contributed by atoms with Crippen LogP contribution >= 0.6 is 0 Å².